The molecule has 0 spiro atoms. The molecule has 1 aromatic carbocycles. The van der Waals surface area contributed by atoms with Gasteiger partial charge < -0.3 is 4.74 Å². The Morgan fingerprint density at radius 1 is 1.50 bits per heavy atom. The molecule has 1 heterocycles. The summed E-state index contributed by atoms with van der Waals surface area (Å²) in [5, 5.41) is 14.6. The molecule has 0 fully saturated rings. The molecule has 0 saturated carbocycles. The Morgan fingerprint density at radius 2 is 2.31 bits per heavy atom. The standard InChI is InChI=1S/C10H9N3O3/c1-16-10-7-8(13(14)15)3-4-9(10)12-6-2-5-11-12/h2-7H,1H3. The van der Waals surface area contributed by atoms with Crippen molar-refractivity contribution in [3.8, 4) is 11.4 Å². The summed E-state index contributed by atoms with van der Waals surface area (Å²) in [5.74, 6) is 0.415. The van der Waals surface area contributed by atoms with Gasteiger partial charge in [0.2, 0.25) is 0 Å². The quantitative estimate of drug-likeness (QED) is 0.582. The molecular formula is C10H9N3O3. The molecule has 0 atom stereocenters. The maximum Gasteiger partial charge on any atom is 0.273 e. The average Bonchev–Trinajstić information content (AvgIpc) is 2.81. The van der Waals surface area contributed by atoms with Crippen LogP contribution in [0.2, 0.25) is 0 Å². The van der Waals surface area contributed by atoms with Crippen LogP contribution in [0.1, 0.15) is 0 Å². The van der Waals surface area contributed by atoms with Crippen LogP contribution >= 0.6 is 0 Å². The van der Waals surface area contributed by atoms with Crippen molar-refractivity contribution >= 4 is 5.69 Å². The van der Waals surface area contributed by atoms with Gasteiger partial charge in [0.05, 0.1) is 18.1 Å². The van der Waals surface area contributed by atoms with Gasteiger partial charge in [0.15, 0.2) is 5.75 Å². The number of nitrogens with zero attached hydrogens (tertiary/aromatic N) is 3. The fourth-order valence-electron chi connectivity index (χ4n) is 1.38. The van der Waals surface area contributed by atoms with Gasteiger partial charge in [0.25, 0.3) is 5.69 Å². The van der Waals surface area contributed by atoms with Crippen molar-refractivity contribution in [1.29, 1.82) is 0 Å². The van der Waals surface area contributed by atoms with Crippen LogP contribution in [-0.2, 0) is 0 Å². The number of ether oxygens (including phenoxy) is 1. The van der Waals surface area contributed by atoms with E-state index in [1.54, 1.807) is 29.2 Å². The van der Waals surface area contributed by atoms with Gasteiger partial charge in [-0.1, -0.05) is 0 Å². The van der Waals surface area contributed by atoms with Crippen molar-refractivity contribution in [3.05, 3.63) is 46.8 Å². The zero-order valence-electron chi connectivity index (χ0n) is 8.53. The molecule has 0 N–H and O–H groups in total. The van der Waals surface area contributed by atoms with Crippen LogP contribution in [0.15, 0.2) is 36.7 Å². The van der Waals surface area contributed by atoms with Gasteiger partial charge in [-0.3, -0.25) is 10.1 Å². The number of aromatic nitrogens is 2. The maximum atomic E-state index is 10.6. The summed E-state index contributed by atoms with van der Waals surface area (Å²) >= 11 is 0. The van der Waals surface area contributed by atoms with Crippen LogP contribution in [0.3, 0.4) is 0 Å². The van der Waals surface area contributed by atoms with Gasteiger partial charge in [0.1, 0.15) is 5.69 Å². The van der Waals surface area contributed by atoms with E-state index in [1.807, 2.05) is 0 Å². The van der Waals surface area contributed by atoms with E-state index in [0.717, 1.165) is 0 Å². The first-order chi connectivity index (χ1) is 7.72. The predicted octanol–water partition coefficient (Wildman–Crippen LogP) is 1.79. The lowest BCUT2D eigenvalue weighted by molar-refractivity contribution is -0.384. The molecule has 0 aliphatic rings. The Morgan fingerprint density at radius 3 is 2.88 bits per heavy atom. The van der Waals surface area contributed by atoms with Gasteiger partial charge in [0, 0.05) is 18.5 Å². The third kappa shape index (κ3) is 1.72. The van der Waals surface area contributed by atoms with E-state index in [9.17, 15) is 10.1 Å². The zero-order valence-corrected chi connectivity index (χ0v) is 8.53. The van der Waals surface area contributed by atoms with Crippen LogP contribution in [-0.4, -0.2) is 21.8 Å². The second-order valence-corrected chi connectivity index (χ2v) is 3.06. The Kier molecular flexibility index (Phi) is 2.55. The molecule has 0 saturated heterocycles. The molecule has 0 aliphatic carbocycles. The first-order valence-electron chi connectivity index (χ1n) is 4.55. The number of hydrogen-bond donors (Lipinski definition) is 0. The lowest BCUT2D eigenvalue weighted by atomic mass is 10.2. The summed E-state index contributed by atoms with van der Waals surface area (Å²) in [4.78, 5) is 10.1. The summed E-state index contributed by atoms with van der Waals surface area (Å²) in [6.45, 7) is 0. The molecule has 6 heteroatoms. The molecule has 0 radical (unpaired) electrons. The van der Waals surface area contributed by atoms with Gasteiger partial charge in [-0.2, -0.15) is 5.10 Å². The summed E-state index contributed by atoms with van der Waals surface area (Å²) in [7, 11) is 1.46. The third-order valence-electron chi connectivity index (χ3n) is 2.13. The number of rotatable bonds is 3. The van der Waals surface area contributed by atoms with Crippen LogP contribution in [0.4, 0.5) is 5.69 Å². The summed E-state index contributed by atoms with van der Waals surface area (Å²) < 4.78 is 6.68. The first-order valence-corrected chi connectivity index (χ1v) is 4.55. The number of methoxy groups -OCH3 is 1. The van der Waals surface area contributed by atoms with Gasteiger partial charge in [-0.05, 0) is 12.1 Å². The minimum Gasteiger partial charge on any atom is -0.494 e. The third-order valence-corrected chi connectivity index (χ3v) is 2.13. The van der Waals surface area contributed by atoms with E-state index >= 15 is 0 Å². The number of nitro benzene ring substituents is 1. The van der Waals surface area contributed by atoms with Crippen LogP contribution in [0, 0.1) is 10.1 Å². The highest BCUT2D eigenvalue weighted by Gasteiger charge is 2.12. The molecule has 16 heavy (non-hydrogen) atoms. The SMILES string of the molecule is COc1cc([N+](=O)[O-])ccc1-n1cccn1. The van der Waals surface area contributed by atoms with E-state index < -0.39 is 4.92 Å². The highest BCUT2D eigenvalue weighted by molar-refractivity contribution is 5.52. The minimum absolute atomic E-state index is 0.00671. The van der Waals surface area contributed by atoms with Crippen LogP contribution in [0.25, 0.3) is 5.69 Å². The van der Waals surface area contributed by atoms with E-state index in [0.29, 0.717) is 11.4 Å². The van der Waals surface area contributed by atoms with Crippen molar-refractivity contribution in [3.63, 3.8) is 0 Å². The Balaban J connectivity index is 2.51. The van der Waals surface area contributed by atoms with Crippen molar-refractivity contribution in [2.45, 2.75) is 0 Å². The molecule has 6 nitrogen and oxygen atoms in total. The molecule has 2 rings (SSSR count). The predicted molar refractivity (Wildman–Crippen MR) is 56.8 cm³/mol. The van der Waals surface area contributed by atoms with E-state index in [-0.39, 0.29) is 5.69 Å². The lowest BCUT2D eigenvalue weighted by Crippen LogP contribution is -1.99. The maximum absolute atomic E-state index is 10.6. The first kappa shape index (κ1) is 10.2. The monoisotopic (exact) mass is 219 g/mol. The van der Waals surface area contributed by atoms with E-state index in [2.05, 4.69) is 5.10 Å². The summed E-state index contributed by atoms with van der Waals surface area (Å²) in [6, 6.07) is 6.15. The smallest absolute Gasteiger partial charge is 0.273 e. The Hall–Kier alpha value is -2.37. The molecule has 0 bridgehead atoms. The number of hydrogen-bond acceptors (Lipinski definition) is 4. The summed E-state index contributed by atoms with van der Waals surface area (Å²) in [5.41, 5.74) is 0.658. The molecule has 82 valence electrons. The van der Waals surface area contributed by atoms with Crippen molar-refractivity contribution < 1.29 is 9.66 Å². The van der Waals surface area contributed by atoms with Gasteiger partial charge >= 0.3 is 0 Å². The van der Waals surface area contributed by atoms with Crippen molar-refractivity contribution in [1.82, 2.24) is 9.78 Å². The van der Waals surface area contributed by atoms with Gasteiger partial charge in [-0.15, -0.1) is 0 Å². The molecule has 0 unspecified atom stereocenters. The van der Waals surface area contributed by atoms with Gasteiger partial charge in [-0.25, -0.2) is 4.68 Å². The van der Waals surface area contributed by atoms with Crippen LogP contribution < -0.4 is 4.74 Å². The lowest BCUT2D eigenvalue weighted by Gasteiger charge is -2.07. The second kappa shape index (κ2) is 4.01. The Labute approximate surface area is 91.2 Å². The fourth-order valence-corrected chi connectivity index (χ4v) is 1.38. The number of nitro groups is 1. The zero-order chi connectivity index (χ0) is 11.5. The second-order valence-electron chi connectivity index (χ2n) is 3.06. The molecule has 0 amide bonds. The van der Waals surface area contributed by atoms with E-state index in [4.69, 9.17) is 4.74 Å². The highest BCUT2D eigenvalue weighted by Crippen LogP contribution is 2.26. The fraction of sp³-hybridized carbons (Fsp3) is 0.100. The summed E-state index contributed by atoms with van der Waals surface area (Å²) in [6.07, 6.45) is 3.37. The molecular weight excluding hydrogens is 210 g/mol. The number of non-ortho nitro benzene ring substituents is 1. The van der Waals surface area contributed by atoms with Crippen LogP contribution in [0.5, 0.6) is 5.75 Å². The molecule has 0 aliphatic heterocycles. The van der Waals surface area contributed by atoms with Crippen molar-refractivity contribution in [2.24, 2.45) is 0 Å². The number of benzene rings is 1. The highest BCUT2D eigenvalue weighted by atomic mass is 16.6. The average molecular weight is 219 g/mol. The normalized spacial score (nSPS) is 10.1. The minimum atomic E-state index is -0.463. The Bertz CT molecular complexity index is 508. The molecule has 2 aromatic rings. The van der Waals surface area contributed by atoms with E-state index in [1.165, 1.54) is 19.2 Å². The topological polar surface area (TPSA) is 70.2 Å². The van der Waals surface area contributed by atoms with Crippen molar-refractivity contribution in [2.75, 3.05) is 7.11 Å². The molecule has 1 aromatic heterocycles. The largest absolute Gasteiger partial charge is 0.494 e.